The van der Waals surface area contributed by atoms with Crippen LogP contribution in [0, 0.1) is 5.92 Å². The van der Waals surface area contributed by atoms with Gasteiger partial charge in [0, 0.05) is 35.3 Å². The molecule has 1 aliphatic carbocycles. The van der Waals surface area contributed by atoms with Crippen LogP contribution in [0.3, 0.4) is 0 Å². The van der Waals surface area contributed by atoms with E-state index in [2.05, 4.69) is 10.9 Å². The second kappa shape index (κ2) is 9.34. The molecule has 0 saturated heterocycles. The summed E-state index contributed by atoms with van der Waals surface area (Å²) in [5.41, 5.74) is 6.51. The fourth-order valence-electron chi connectivity index (χ4n) is 3.86. The molecule has 0 radical (unpaired) electrons. The largest absolute Gasteiger partial charge is 0.302 e. The van der Waals surface area contributed by atoms with Crippen LogP contribution >= 0.6 is 11.8 Å². The molecule has 1 unspecified atom stereocenters. The summed E-state index contributed by atoms with van der Waals surface area (Å²) in [6, 6.07) is 17.3. The summed E-state index contributed by atoms with van der Waals surface area (Å²) in [5.74, 6) is -1.38. The number of fused-ring (bicyclic) bond motifs is 1. The summed E-state index contributed by atoms with van der Waals surface area (Å²) in [6.07, 6.45) is 1.35. The van der Waals surface area contributed by atoms with Crippen LogP contribution in [0.1, 0.15) is 36.5 Å². The standard InChI is InChI=1S/C23H23N3O4S/c27-17-11-10-16(12-17)23(30)25-24-21(28)14-26-18-8-4-5-9-19(18)31-20(13-22(26)29)15-6-2-1-3-7-15/h1-9,16,20H,10-14H2,(H,24,28)(H,25,30)/t16-,20?/m1/s1. The minimum absolute atomic E-state index is 0.0532. The number of nitrogens with zero attached hydrogens (tertiary/aromatic N) is 1. The topological polar surface area (TPSA) is 95.6 Å². The van der Waals surface area contributed by atoms with E-state index in [0.29, 0.717) is 18.5 Å². The molecule has 4 rings (SSSR count). The van der Waals surface area contributed by atoms with E-state index in [-0.39, 0.29) is 42.2 Å². The first-order valence-corrected chi connectivity index (χ1v) is 11.1. The quantitative estimate of drug-likeness (QED) is 0.717. The molecule has 1 saturated carbocycles. The molecule has 2 aromatic rings. The fourth-order valence-corrected chi connectivity index (χ4v) is 5.14. The predicted octanol–water partition coefficient (Wildman–Crippen LogP) is 2.77. The van der Waals surface area contributed by atoms with Gasteiger partial charge in [-0.15, -0.1) is 11.8 Å². The highest BCUT2D eigenvalue weighted by Crippen LogP contribution is 2.45. The number of hydrogen-bond acceptors (Lipinski definition) is 5. The monoisotopic (exact) mass is 437 g/mol. The Morgan fingerprint density at radius 1 is 0.968 bits per heavy atom. The third-order valence-electron chi connectivity index (χ3n) is 5.50. The van der Waals surface area contributed by atoms with Crippen LogP contribution < -0.4 is 15.8 Å². The van der Waals surface area contributed by atoms with Crippen molar-refractivity contribution in [2.24, 2.45) is 5.92 Å². The van der Waals surface area contributed by atoms with Crippen LogP contribution in [-0.4, -0.2) is 30.0 Å². The summed E-state index contributed by atoms with van der Waals surface area (Å²) < 4.78 is 0. The Kier molecular flexibility index (Phi) is 6.36. The number of Topliss-reactive ketones (excluding diaryl/α,β-unsaturated/α-hetero) is 1. The van der Waals surface area contributed by atoms with Gasteiger partial charge in [0.25, 0.3) is 5.91 Å². The Hall–Kier alpha value is -3.13. The van der Waals surface area contributed by atoms with E-state index >= 15 is 0 Å². The van der Waals surface area contributed by atoms with Crippen LogP contribution in [0.15, 0.2) is 59.5 Å². The molecular weight excluding hydrogens is 414 g/mol. The second-order valence-electron chi connectivity index (χ2n) is 7.68. The van der Waals surface area contributed by atoms with Gasteiger partial charge >= 0.3 is 0 Å². The maximum Gasteiger partial charge on any atom is 0.258 e. The summed E-state index contributed by atoms with van der Waals surface area (Å²) in [5, 5.41) is -0.0532. The van der Waals surface area contributed by atoms with Crippen LogP contribution in [-0.2, 0) is 19.2 Å². The molecule has 2 atom stereocenters. The highest BCUT2D eigenvalue weighted by molar-refractivity contribution is 7.99. The third kappa shape index (κ3) is 4.96. The number of amides is 3. The van der Waals surface area contributed by atoms with Crippen molar-refractivity contribution < 1.29 is 19.2 Å². The molecule has 1 heterocycles. The number of benzene rings is 2. The zero-order valence-corrected chi connectivity index (χ0v) is 17.7. The third-order valence-corrected chi connectivity index (χ3v) is 6.82. The summed E-state index contributed by atoms with van der Waals surface area (Å²) in [6.45, 7) is -0.207. The highest BCUT2D eigenvalue weighted by atomic mass is 32.2. The van der Waals surface area contributed by atoms with Gasteiger partial charge in [-0.05, 0) is 24.1 Å². The van der Waals surface area contributed by atoms with Crippen molar-refractivity contribution in [2.45, 2.75) is 35.8 Å². The molecule has 2 aliphatic rings. The molecule has 160 valence electrons. The molecular formula is C23H23N3O4S. The van der Waals surface area contributed by atoms with Crippen LogP contribution in [0.4, 0.5) is 5.69 Å². The van der Waals surface area contributed by atoms with E-state index in [0.717, 1.165) is 10.5 Å². The molecule has 0 bridgehead atoms. The van der Waals surface area contributed by atoms with Gasteiger partial charge in [0.1, 0.15) is 12.3 Å². The lowest BCUT2D eigenvalue weighted by Crippen LogP contribution is -2.49. The van der Waals surface area contributed by atoms with E-state index in [1.807, 2.05) is 54.6 Å². The van der Waals surface area contributed by atoms with Gasteiger partial charge in [-0.25, -0.2) is 0 Å². The normalized spacial score (nSPS) is 20.7. The minimum Gasteiger partial charge on any atom is -0.302 e. The maximum atomic E-state index is 13.1. The maximum absolute atomic E-state index is 13.1. The second-order valence-corrected chi connectivity index (χ2v) is 8.93. The number of ketones is 1. The Morgan fingerprint density at radius 2 is 1.71 bits per heavy atom. The molecule has 2 aromatic carbocycles. The molecule has 1 aliphatic heterocycles. The van der Waals surface area contributed by atoms with Gasteiger partial charge < -0.3 is 4.90 Å². The molecule has 8 heteroatoms. The summed E-state index contributed by atoms with van der Waals surface area (Å²) >= 11 is 1.60. The smallest absolute Gasteiger partial charge is 0.258 e. The van der Waals surface area contributed by atoms with Crippen LogP contribution in [0.2, 0.25) is 0 Å². The Balaban J connectivity index is 1.45. The minimum atomic E-state index is -0.496. The summed E-state index contributed by atoms with van der Waals surface area (Å²) in [7, 11) is 0. The molecule has 0 spiro atoms. The van der Waals surface area contributed by atoms with E-state index in [1.54, 1.807) is 11.8 Å². The average molecular weight is 438 g/mol. The number of carbonyl (C=O) groups excluding carboxylic acids is 4. The Morgan fingerprint density at radius 3 is 2.45 bits per heavy atom. The lowest BCUT2D eigenvalue weighted by atomic mass is 10.1. The van der Waals surface area contributed by atoms with Gasteiger partial charge in [-0.2, -0.15) is 0 Å². The number of hydrazine groups is 1. The first-order chi connectivity index (χ1) is 15.0. The number of hydrogen-bond donors (Lipinski definition) is 2. The highest BCUT2D eigenvalue weighted by Gasteiger charge is 2.31. The van der Waals surface area contributed by atoms with Gasteiger partial charge in [-0.3, -0.25) is 30.0 Å². The van der Waals surface area contributed by atoms with Crippen molar-refractivity contribution in [3.63, 3.8) is 0 Å². The van der Waals surface area contributed by atoms with Crippen LogP contribution in [0.5, 0.6) is 0 Å². The number of rotatable bonds is 4. The number of carbonyl (C=O) groups is 4. The van der Waals surface area contributed by atoms with Gasteiger partial charge in [0.15, 0.2) is 0 Å². The zero-order chi connectivity index (χ0) is 21.8. The molecule has 31 heavy (non-hydrogen) atoms. The number of para-hydroxylation sites is 1. The molecule has 2 N–H and O–H groups in total. The fraction of sp³-hybridized carbons (Fsp3) is 0.304. The molecule has 0 aromatic heterocycles. The average Bonchev–Trinajstić information content (AvgIpc) is 3.17. The van der Waals surface area contributed by atoms with E-state index in [9.17, 15) is 19.2 Å². The first kappa shape index (κ1) is 21.1. The van der Waals surface area contributed by atoms with E-state index in [4.69, 9.17) is 0 Å². The number of anilines is 1. The van der Waals surface area contributed by atoms with Gasteiger partial charge in [0.05, 0.1) is 5.69 Å². The lowest BCUT2D eigenvalue weighted by Gasteiger charge is -2.22. The van der Waals surface area contributed by atoms with Gasteiger partial charge in [-0.1, -0.05) is 42.5 Å². The number of nitrogens with one attached hydrogen (secondary N) is 2. The van der Waals surface area contributed by atoms with Crippen molar-refractivity contribution in [1.29, 1.82) is 0 Å². The Bertz CT molecular complexity index is 1010. The molecule has 1 fully saturated rings. The van der Waals surface area contributed by atoms with E-state index in [1.165, 1.54) is 4.90 Å². The van der Waals surface area contributed by atoms with Crippen molar-refractivity contribution >= 4 is 41.0 Å². The molecule has 3 amide bonds. The molecule has 7 nitrogen and oxygen atoms in total. The van der Waals surface area contributed by atoms with Crippen LogP contribution in [0.25, 0.3) is 0 Å². The van der Waals surface area contributed by atoms with Crippen molar-refractivity contribution in [3.8, 4) is 0 Å². The number of thioether (sulfide) groups is 1. The van der Waals surface area contributed by atoms with Crippen molar-refractivity contribution in [2.75, 3.05) is 11.4 Å². The van der Waals surface area contributed by atoms with E-state index < -0.39 is 11.8 Å². The predicted molar refractivity (Wildman–Crippen MR) is 117 cm³/mol. The zero-order valence-electron chi connectivity index (χ0n) is 16.9. The van der Waals surface area contributed by atoms with Gasteiger partial charge in [0.2, 0.25) is 11.8 Å². The first-order valence-electron chi connectivity index (χ1n) is 10.2. The SMILES string of the molecule is O=C1CC[C@@H](C(=O)NNC(=O)CN2C(=O)CC(c3ccccc3)Sc3ccccc32)C1. The lowest BCUT2D eigenvalue weighted by molar-refractivity contribution is -0.131. The Labute approximate surface area is 184 Å². The summed E-state index contributed by atoms with van der Waals surface area (Å²) in [4.78, 5) is 51.5. The van der Waals surface area contributed by atoms with Crippen molar-refractivity contribution in [3.05, 3.63) is 60.2 Å². The van der Waals surface area contributed by atoms with Crippen molar-refractivity contribution in [1.82, 2.24) is 10.9 Å².